The van der Waals surface area contributed by atoms with Crippen LogP contribution in [-0.4, -0.2) is 47.0 Å². The number of nitrogens with zero attached hydrogens (tertiary/aromatic N) is 1. The van der Waals surface area contributed by atoms with E-state index in [2.05, 4.69) is 4.98 Å². The Balaban J connectivity index is 2.74. The number of aromatic nitrogens is 1. The van der Waals surface area contributed by atoms with Crippen LogP contribution in [0.25, 0.3) is 0 Å². The van der Waals surface area contributed by atoms with Crippen molar-refractivity contribution in [1.82, 2.24) is 9.88 Å². The third-order valence-corrected chi connectivity index (χ3v) is 1.95. The number of aliphatic hydroxyl groups excluding tert-OH is 1. The summed E-state index contributed by atoms with van der Waals surface area (Å²) in [5, 5.41) is 8.68. The van der Waals surface area contributed by atoms with Crippen LogP contribution in [-0.2, 0) is 0 Å². The average Bonchev–Trinajstić information content (AvgIpc) is 2.62. The van der Waals surface area contributed by atoms with E-state index in [-0.39, 0.29) is 18.8 Å². The number of anilines is 1. The van der Waals surface area contributed by atoms with Crippen LogP contribution in [0.2, 0.25) is 0 Å². The maximum Gasteiger partial charge on any atom is 0.270 e. The summed E-state index contributed by atoms with van der Waals surface area (Å²) in [6.07, 6.45) is -1.24. The molecular weight excluding hydrogens is 220 g/mol. The minimum absolute atomic E-state index is 0.131. The standard InChI is InChI=1S/C9H13F2N3O2/c10-8(11)5-14(1-2-15)9(16)7-3-6(12)4-13-7/h3-4,8,13,15H,1-2,5,12H2. The molecule has 0 saturated heterocycles. The highest BCUT2D eigenvalue weighted by Crippen LogP contribution is 2.09. The number of carbonyl (C=O) groups is 1. The molecule has 4 N–H and O–H groups in total. The Bertz CT molecular complexity index is 354. The molecule has 0 spiro atoms. The zero-order chi connectivity index (χ0) is 12.1. The van der Waals surface area contributed by atoms with E-state index in [9.17, 15) is 13.6 Å². The summed E-state index contributed by atoms with van der Waals surface area (Å²) >= 11 is 0. The second-order valence-electron chi connectivity index (χ2n) is 3.21. The first-order valence-electron chi connectivity index (χ1n) is 4.66. The summed E-state index contributed by atoms with van der Waals surface area (Å²) < 4.78 is 24.4. The zero-order valence-electron chi connectivity index (χ0n) is 8.49. The van der Waals surface area contributed by atoms with E-state index in [1.807, 2.05) is 0 Å². The SMILES string of the molecule is Nc1c[nH]c(C(=O)N(CCO)CC(F)F)c1. The number of nitrogen functional groups attached to an aromatic ring is 1. The predicted octanol–water partition coefficient (Wildman–Crippen LogP) is 0.297. The Morgan fingerprint density at radius 3 is 2.75 bits per heavy atom. The maximum absolute atomic E-state index is 12.2. The first-order chi connectivity index (χ1) is 7.54. The highest BCUT2D eigenvalue weighted by atomic mass is 19.3. The molecule has 1 rings (SSSR count). The first kappa shape index (κ1) is 12.4. The first-order valence-corrected chi connectivity index (χ1v) is 4.66. The Hall–Kier alpha value is -1.63. The van der Waals surface area contributed by atoms with Gasteiger partial charge >= 0.3 is 0 Å². The maximum atomic E-state index is 12.2. The lowest BCUT2D eigenvalue weighted by Gasteiger charge is -2.20. The number of aromatic amines is 1. The number of alkyl halides is 2. The van der Waals surface area contributed by atoms with Crippen LogP contribution in [0.1, 0.15) is 10.5 Å². The van der Waals surface area contributed by atoms with E-state index < -0.39 is 18.9 Å². The number of carbonyl (C=O) groups excluding carboxylic acids is 1. The van der Waals surface area contributed by atoms with Gasteiger partial charge in [0.2, 0.25) is 0 Å². The van der Waals surface area contributed by atoms with Crippen LogP contribution in [0.3, 0.4) is 0 Å². The molecule has 1 aromatic rings. The molecular formula is C9H13F2N3O2. The molecule has 7 heteroatoms. The number of nitrogens with one attached hydrogen (secondary N) is 1. The quantitative estimate of drug-likeness (QED) is 0.684. The highest BCUT2D eigenvalue weighted by Gasteiger charge is 2.20. The Kier molecular flexibility index (Phi) is 4.24. The van der Waals surface area contributed by atoms with E-state index >= 15 is 0 Å². The summed E-state index contributed by atoms with van der Waals surface area (Å²) in [6.45, 7) is -1.21. The van der Waals surface area contributed by atoms with Crippen LogP contribution >= 0.6 is 0 Å². The Morgan fingerprint density at radius 1 is 1.62 bits per heavy atom. The molecule has 1 heterocycles. The fourth-order valence-corrected chi connectivity index (χ4v) is 1.27. The van der Waals surface area contributed by atoms with Gasteiger partial charge in [0, 0.05) is 18.4 Å². The highest BCUT2D eigenvalue weighted by molar-refractivity contribution is 5.93. The number of halogens is 2. The van der Waals surface area contributed by atoms with Crippen molar-refractivity contribution in [2.45, 2.75) is 6.43 Å². The fraction of sp³-hybridized carbons (Fsp3) is 0.444. The van der Waals surface area contributed by atoms with Gasteiger partial charge in [-0.25, -0.2) is 8.78 Å². The monoisotopic (exact) mass is 233 g/mol. The average molecular weight is 233 g/mol. The number of hydrogen-bond donors (Lipinski definition) is 3. The van der Waals surface area contributed by atoms with Gasteiger partial charge in [-0.05, 0) is 6.07 Å². The second-order valence-corrected chi connectivity index (χ2v) is 3.21. The van der Waals surface area contributed by atoms with Crippen LogP contribution < -0.4 is 5.73 Å². The van der Waals surface area contributed by atoms with E-state index in [4.69, 9.17) is 10.8 Å². The summed E-state index contributed by atoms with van der Waals surface area (Å²) in [4.78, 5) is 15.1. The molecule has 0 bridgehead atoms. The molecule has 0 unspecified atom stereocenters. The van der Waals surface area contributed by atoms with E-state index in [0.29, 0.717) is 5.69 Å². The molecule has 0 atom stereocenters. The lowest BCUT2D eigenvalue weighted by Crippen LogP contribution is -2.37. The van der Waals surface area contributed by atoms with Crippen molar-refractivity contribution in [3.8, 4) is 0 Å². The van der Waals surface area contributed by atoms with Crippen molar-refractivity contribution >= 4 is 11.6 Å². The van der Waals surface area contributed by atoms with Gasteiger partial charge in [0.1, 0.15) is 5.69 Å². The molecule has 0 saturated carbocycles. The molecule has 90 valence electrons. The number of H-pyrrole nitrogens is 1. The lowest BCUT2D eigenvalue weighted by molar-refractivity contribution is 0.0505. The summed E-state index contributed by atoms with van der Waals surface area (Å²) in [5.74, 6) is -0.606. The minimum atomic E-state index is -2.64. The van der Waals surface area contributed by atoms with Gasteiger partial charge in [-0.3, -0.25) is 4.79 Å². The smallest absolute Gasteiger partial charge is 0.270 e. The molecule has 0 aromatic carbocycles. The minimum Gasteiger partial charge on any atom is -0.397 e. The molecule has 5 nitrogen and oxygen atoms in total. The molecule has 1 amide bonds. The van der Waals surface area contributed by atoms with Crippen molar-refractivity contribution in [1.29, 1.82) is 0 Å². The van der Waals surface area contributed by atoms with Crippen molar-refractivity contribution in [3.63, 3.8) is 0 Å². The molecule has 0 fully saturated rings. The fourth-order valence-electron chi connectivity index (χ4n) is 1.27. The number of aliphatic hydroxyl groups is 1. The molecule has 0 aliphatic heterocycles. The summed E-state index contributed by atoms with van der Waals surface area (Å²) in [5.41, 5.74) is 5.87. The van der Waals surface area contributed by atoms with Gasteiger partial charge in [-0.2, -0.15) is 0 Å². The van der Waals surface area contributed by atoms with Crippen molar-refractivity contribution in [2.24, 2.45) is 0 Å². The normalized spacial score (nSPS) is 10.8. The van der Waals surface area contributed by atoms with Crippen LogP contribution in [0.15, 0.2) is 12.3 Å². The van der Waals surface area contributed by atoms with E-state index in [0.717, 1.165) is 4.90 Å². The molecule has 16 heavy (non-hydrogen) atoms. The number of hydrogen-bond acceptors (Lipinski definition) is 3. The number of amides is 1. The topological polar surface area (TPSA) is 82.4 Å². The summed E-state index contributed by atoms with van der Waals surface area (Å²) in [7, 11) is 0. The number of nitrogens with two attached hydrogens (primary N) is 1. The molecule has 0 radical (unpaired) electrons. The largest absolute Gasteiger partial charge is 0.397 e. The molecule has 0 aliphatic carbocycles. The third-order valence-electron chi connectivity index (χ3n) is 1.95. The third kappa shape index (κ3) is 3.20. The van der Waals surface area contributed by atoms with Crippen molar-refractivity contribution in [3.05, 3.63) is 18.0 Å². The van der Waals surface area contributed by atoms with Crippen LogP contribution in [0.4, 0.5) is 14.5 Å². The van der Waals surface area contributed by atoms with E-state index in [1.165, 1.54) is 12.3 Å². The van der Waals surface area contributed by atoms with Gasteiger partial charge in [-0.15, -0.1) is 0 Å². The summed E-state index contributed by atoms with van der Waals surface area (Å²) in [6, 6.07) is 1.36. The van der Waals surface area contributed by atoms with Gasteiger partial charge < -0.3 is 20.7 Å². The Morgan fingerprint density at radius 2 is 2.31 bits per heavy atom. The zero-order valence-corrected chi connectivity index (χ0v) is 8.49. The van der Waals surface area contributed by atoms with Gasteiger partial charge in [0.05, 0.1) is 13.2 Å². The van der Waals surface area contributed by atoms with E-state index in [1.54, 1.807) is 0 Å². The van der Waals surface area contributed by atoms with Gasteiger partial charge in [0.15, 0.2) is 0 Å². The lowest BCUT2D eigenvalue weighted by atomic mass is 10.3. The van der Waals surface area contributed by atoms with Crippen molar-refractivity contribution in [2.75, 3.05) is 25.4 Å². The Labute approximate surface area is 90.9 Å². The van der Waals surface area contributed by atoms with Gasteiger partial charge in [-0.1, -0.05) is 0 Å². The number of rotatable bonds is 5. The second kappa shape index (κ2) is 5.45. The van der Waals surface area contributed by atoms with Crippen molar-refractivity contribution < 1.29 is 18.7 Å². The molecule has 1 aromatic heterocycles. The van der Waals surface area contributed by atoms with Gasteiger partial charge in [0.25, 0.3) is 12.3 Å². The van der Waals surface area contributed by atoms with Crippen LogP contribution in [0.5, 0.6) is 0 Å². The predicted molar refractivity (Wildman–Crippen MR) is 54.2 cm³/mol. The van der Waals surface area contributed by atoms with Crippen LogP contribution in [0, 0.1) is 0 Å². The molecule has 0 aliphatic rings.